The maximum Gasteiger partial charge on any atom is 0.0360 e. The van der Waals surface area contributed by atoms with E-state index in [9.17, 15) is 0 Å². The maximum atomic E-state index is 3.63. The third kappa shape index (κ3) is 5.85. The number of aromatic amines is 3. The molecule has 0 unspecified atom stereocenters. The van der Waals surface area contributed by atoms with Gasteiger partial charge in [-0.25, -0.2) is 0 Å². The molecule has 174 valence electrons. The summed E-state index contributed by atoms with van der Waals surface area (Å²) in [6, 6.07) is 12.5. The van der Waals surface area contributed by atoms with Gasteiger partial charge in [-0.2, -0.15) is 0 Å². The van der Waals surface area contributed by atoms with Gasteiger partial charge in [0.1, 0.15) is 0 Å². The predicted molar refractivity (Wildman–Crippen MR) is 135 cm³/mol. The Hall–Kier alpha value is -3.06. The molecule has 33 heavy (non-hydrogen) atoms. The minimum Gasteiger partial charge on any atom is -0.364 e. The molecule has 0 atom stereocenters. The highest BCUT2D eigenvalue weighted by Crippen LogP contribution is 2.28. The molecule has 0 saturated heterocycles. The predicted octanol–water partition coefficient (Wildman–Crippen LogP) is 4.47. The van der Waals surface area contributed by atoms with Crippen LogP contribution in [0.15, 0.2) is 55.0 Å². The second-order valence-corrected chi connectivity index (χ2v) is 8.71. The number of nitrogens with one attached hydrogen (secondary N) is 6. The monoisotopic (exact) mass is 444 g/mol. The molecule has 6 heteroatoms. The molecule has 0 aliphatic rings. The van der Waals surface area contributed by atoms with Gasteiger partial charge in [0.2, 0.25) is 0 Å². The third-order valence-electron chi connectivity index (χ3n) is 6.55. The van der Waals surface area contributed by atoms with Crippen LogP contribution in [0.4, 0.5) is 0 Å². The van der Waals surface area contributed by atoms with Gasteiger partial charge < -0.3 is 30.9 Å². The van der Waals surface area contributed by atoms with Crippen molar-refractivity contribution in [3.05, 3.63) is 105 Å². The minimum atomic E-state index is 0.834. The van der Waals surface area contributed by atoms with Crippen molar-refractivity contribution in [1.29, 1.82) is 0 Å². The van der Waals surface area contributed by atoms with Crippen LogP contribution >= 0.6 is 0 Å². The zero-order chi connectivity index (χ0) is 23.0. The van der Waals surface area contributed by atoms with Crippen molar-refractivity contribution < 1.29 is 0 Å². The van der Waals surface area contributed by atoms with E-state index < -0.39 is 0 Å². The fraction of sp³-hybridized carbons (Fsp3) is 0.333. The molecule has 0 radical (unpaired) electrons. The van der Waals surface area contributed by atoms with Gasteiger partial charge in [-0.3, -0.25) is 0 Å². The highest BCUT2D eigenvalue weighted by atomic mass is 14.9. The van der Waals surface area contributed by atoms with Crippen LogP contribution in [0.2, 0.25) is 0 Å². The summed E-state index contributed by atoms with van der Waals surface area (Å²) in [5.74, 6) is 0. The lowest BCUT2D eigenvalue weighted by Crippen LogP contribution is -2.22. The van der Waals surface area contributed by atoms with Crippen LogP contribution in [0.3, 0.4) is 0 Å². The lowest BCUT2D eigenvalue weighted by molar-refractivity contribution is 0.647. The number of aromatic nitrogens is 3. The summed E-state index contributed by atoms with van der Waals surface area (Å²) in [4.78, 5) is 9.84. The zero-order valence-electron chi connectivity index (χ0n) is 19.9. The zero-order valence-corrected chi connectivity index (χ0v) is 19.9. The average molecular weight is 445 g/mol. The Labute approximate surface area is 196 Å². The van der Waals surface area contributed by atoms with Gasteiger partial charge >= 0.3 is 0 Å². The van der Waals surface area contributed by atoms with Gasteiger partial charge in [0, 0.05) is 74.9 Å². The molecule has 0 spiro atoms. The van der Waals surface area contributed by atoms with Crippen molar-refractivity contribution in [2.24, 2.45) is 0 Å². The fourth-order valence-corrected chi connectivity index (χ4v) is 4.58. The normalized spacial score (nSPS) is 11.4. The van der Waals surface area contributed by atoms with Crippen LogP contribution < -0.4 is 16.0 Å². The van der Waals surface area contributed by atoms with Crippen LogP contribution in [0, 0.1) is 20.8 Å². The average Bonchev–Trinajstić information content (AvgIpc) is 3.59. The first kappa shape index (κ1) is 23.1. The molecule has 1 aromatic carbocycles. The molecule has 0 bridgehead atoms. The summed E-state index contributed by atoms with van der Waals surface area (Å²) in [7, 11) is 0. The van der Waals surface area contributed by atoms with Crippen LogP contribution in [-0.2, 0) is 39.3 Å². The van der Waals surface area contributed by atoms with Gasteiger partial charge in [-0.15, -0.1) is 0 Å². The van der Waals surface area contributed by atoms with E-state index in [0.717, 1.165) is 39.3 Å². The summed E-state index contributed by atoms with van der Waals surface area (Å²) in [6.45, 7) is 11.9. The van der Waals surface area contributed by atoms with Crippen molar-refractivity contribution in [2.75, 3.05) is 0 Å². The lowest BCUT2D eigenvalue weighted by Gasteiger charge is -2.23. The van der Waals surface area contributed by atoms with Crippen molar-refractivity contribution in [3.8, 4) is 0 Å². The maximum absolute atomic E-state index is 3.63. The molecule has 0 amide bonds. The van der Waals surface area contributed by atoms with Crippen LogP contribution in [0.25, 0.3) is 0 Å². The van der Waals surface area contributed by atoms with Gasteiger partial charge in [0.25, 0.3) is 0 Å². The van der Waals surface area contributed by atoms with E-state index in [1.165, 1.54) is 50.5 Å². The summed E-state index contributed by atoms with van der Waals surface area (Å²) < 4.78 is 0. The van der Waals surface area contributed by atoms with Gasteiger partial charge in [-0.1, -0.05) is 0 Å². The number of benzene rings is 1. The van der Waals surface area contributed by atoms with Gasteiger partial charge in [0.15, 0.2) is 0 Å². The highest BCUT2D eigenvalue weighted by molar-refractivity contribution is 5.50. The van der Waals surface area contributed by atoms with Crippen LogP contribution in [0.5, 0.6) is 0 Å². The Balaban J connectivity index is 1.52. The smallest absolute Gasteiger partial charge is 0.0360 e. The minimum absolute atomic E-state index is 0.834. The SMILES string of the molecule is Cc1c(CNCc2ccc[nH]2)c(C)c(CNCc2ccc[nH]2)c(C)c1CNCc1ccc[nH]1. The second-order valence-electron chi connectivity index (χ2n) is 8.71. The molecule has 0 aliphatic carbocycles. The topological polar surface area (TPSA) is 83.5 Å². The Morgan fingerprint density at radius 2 is 0.788 bits per heavy atom. The second kappa shape index (κ2) is 11.2. The molecule has 6 N–H and O–H groups in total. The quantitative estimate of drug-likeness (QED) is 0.195. The Morgan fingerprint density at radius 1 is 0.485 bits per heavy atom. The fourth-order valence-electron chi connectivity index (χ4n) is 4.58. The molecule has 0 saturated carbocycles. The number of rotatable bonds is 12. The standard InChI is InChI=1S/C27H36N6/c1-19-25(16-28-13-22-7-4-10-31-22)20(2)27(18-30-15-24-9-6-12-33-24)21(3)26(19)17-29-14-23-8-5-11-32-23/h4-12,28-33H,13-18H2,1-3H3. The molecule has 4 aromatic rings. The first-order chi connectivity index (χ1) is 16.1. The van der Waals surface area contributed by atoms with Gasteiger partial charge in [0.05, 0.1) is 0 Å². The van der Waals surface area contributed by atoms with E-state index in [1.807, 2.05) is 36.8 Å². The first-order valence-electron chi connectivity index (χ1n) is 11.7. The summed E-state index contributed by atoms with van der Waals surface area (Å²) >= 11 is 0. The molecule has 6 nitrogen and oxygen atoms in total. The summed E-state index contributed by atoms with van der Waals surface area (Å²) in [5.41, 5.74) is 12.0. The molecule has 0 fully saturated rings. The Bertz CT molecular complexity index is 944. The summed E-state index contributed by atoms with van der Waals surface area (Å²) in [6.07, 6.45) is 5.92. The molecule has 3 aromatic heterocycles. The lowest BCUT2D eigenvalue weighted by atomic mass is 9.87. The number of hydrogen-bond acceptors (Lipinski definition) is 3. The third-order valence-corrected chi connectivity index (χ3v) is 6.55. The van der Waals surface area contributed by atoms with E-state index in [2.05, 4.69) is 69.9 Å². The molecule has 4 rings (SSSR count). The van der Waals surface area contributed by atoms with E-state index in [0.29, 0.717) is 0 Å². The van der Waals surface area contributed by atoms with E-state index in [1.54, 1.807) is 0 Å². The van der Waals surface area contributed by atoms with Gasteiger partial charge in [-0.05, 0) is 90.6 Å². The first-order valence-corrected chi connectivity index (χ1v) is 11.7. The van der Waals surface area contributed by atoms with E-state index in [-0.39, 0.29) is 0 Å². The number of H-pyrrole nitrogens is 3. The van der Waals surface area contributed by atoms with E-state index >= 15 is 0 Å². The molecule has 0 aliphatic heterocycles. The van der Waals surface area contributed by atoms with Crippen molar-refractivity contribution >= 4 is 0 Å². The highest BCUT2D eigenvalue weighted by Gasteiger charge is 2.17. The summed E-state index contributed by atoms with van der Waals surface area (Å²) in [5, 5.41) is 10.9. The molecule has 3 heterocycles. The largest absolute Gasteiger partial charge is 0.364 e. The Kier molecular flexibility index (Phi) is 7.83. The Morgan fingerprint density at radius 3 is 1.03 bits per heavy atom. The van der Waals surface area contributed by atoms with Crippen molar-refractivity contribution in [1.82, 2.24) is 30.9 Å². The molecular formula is C27H36N6. The van der Waals surface area contributed by atoms with Crippen LogP contribution in [-0.4, -0.2) is 15.0 Å². The van der Waals surface area contributed by atoms with Crippen molar-refractivity contribution in [2.45, 2.75) is 60.0 Å². The number of hydrogen-bond donors (Lipinski definition) is 6. The van der Waals surface area contributed by atoms with Crippen LogP contribution in [0.1, 0.15) is 50.5 Å². The van der Waals surface area contributed by atoms with Crippen molar-refractivity contribution in [3.63, 3.8) is 0 Å². The van der Waals surface area contributed by atoms with E-state index in [4.69, 9.17) is 0 Å². The molecular weight excluding hydrogens is 408 g/mol.